The first-order valence-electron chi connectivity index (χ1n) is 9.97. The summed E-state index contributed by atoms with van der Waals surface area (Å²) in [6.07, 6.45) is 3.97. The van der Waals surface area contributed by atoms with Crippen molar-refractivity contribution in [3.05, 3.63) is 48.0 Å². The smallest absolute Gasteiger partial charge is 0.156 e. The molecule has 3 aromatic rings. The Balaban J connectivity index is 1.55. The van der Waals surface area contributed by atoms with Crippen molar-refractivity contribution in [1.82, 2.24) is 10.2 Å². The van der Waals surface area contributed by atoms with Gasteiger partial charge in [-0.05, 0) is 56.2 Å². The Hall–Kier alpha value is -2.66. The fraction of sp³-hybridized carbons (Fsp3) is 0.391. The van der Waals surface area contributed by atoms with Crippen LogP contribution in [0.25, 0.3) is 22.0 Å². The third kappa shape index (κ3) is 3.10. The first kappa shape index (κ1) is 17.4. The topological polar surface area (TPSA) is 67.3 Å². The highest BCUT2D eigenvalue weighted by atomic mass is 16.5. The third-order valence-electron chi connectivity index (χ3n) is 5.93. The number of ether oxygens (including phenoxy) is 1. The minimum Gasteiger partial charge on any atom is -0.496 e. The lowest BCUT2D eigenvalue weighted by Crippen LogP contribution is -2.48. The maximum absolute atomic E-state index is 10.0. The summed E-state index contributed by atoms with van der Waals surface area (Å²) in [7, 11) is 1.71. The standard InChI is InChI=1S/C23H25N3O2/c1-23(27)12-16(13-23)24-22-18-6-4-3-5-17(18)21(25-26-22)19-10-9-15(14-7-8-14)11-20(19)28-2/h3-6,9-11,14,16,27H,7-8,12-13H2,1-2H3,(H,24,26)/t16-,23+. The molecule has 0 saturated heterocycles. The van der Waals surface area contributed by atoms with E-state index in [2.05, 4.69) is 45.8 Å². The summed E-state index contributed by atoms with van der Waals surface area (Å²) >= 11 is 0. The van der Waals surface area contributed by atoms with Crippen LogP contribution in [0.3, 0.4) is 0 Å². The SMILES string of the molecule is COc1cc(C2CC2)ccc1-c1nnc(N[C@H]2C[C@@](C)(O)C2)c2ccccc12. The number of hydrogen-bond donors (Lipinski definition) is 2. The van der Waals surface area contributed by atoms with Gasteiger partial charge in [0.05, 0.1) is 12.7 Å². The molecule has 144 valence electrons. The fourth-order valence-electron chi connectivity index (χ4n) is 4.28. The quantitative estimate of drug-likeness (QED) is 0.687. The van der Waals surface area contributed by atoms with E-state index in [0.29, 0.717) is 5.92 Å². The summed E-state index contributed by atoms with van der Waals surface area (Å²) in [5.41, 5.74) is 2.57. The normalized spacial score (nSPS) is 24.0. The Morgan fingerprint density at radius 1 is 1.07 bits per heavy atom. The average Bonchev–Trinajstić information content (AvgIpc) is 3.52. The van der Waals surface area contributed by atoms with E-state index < -0.39 is 5.60 Å². The van der Waals surface area contributed by atoms with Crippen LogP contribution in [0.5, 0.6) is 5.75 Å². The van der Waals surface area contributed by atoms with E-state index in [1.54, 1.807) is 7.11 Å². The maximum atomic E-state index is 10.0. The van der Waals surface area contributed by atoms with Crippen molar-refractivity contribution in [2.75, 3.05) is 12.4 Å². The predicted molar refractivity (Wildman–Crippen MR) is 111 cm³/mol. The number of rotatable bonds is 5. The fourth-order valence-corrected chi connectivity index (χ4v) is 4.28. The zero-order valence-corrected chi connectivity index (χ0v) is 16.3. The van der Waals surface area contributed by atoms with E-state index in [4.69, 9.17) is 4.74 Å². The van der Waals surface area contributed by atoms with Gasteiger partial charge in [0.1, 0.15) is 11.4 Å². The monoisotopic (exact) mass is 375 g/mol. The number of fused-ring (bicyclic) bond motifs is 1. The molecule has 2 fully saturated rings. The number of nitrogens with one attached hydrogen (secondary N) is 1. The van der Waals surface area contributed by atoms with Gasteiger partial charge < -0.3 is 15.2 Å². The lowest BCUT2D eigenvalue weighted by atomic mass is 9.77. The van der Waals surface area contributed by atoms with Crippen molar-refractivity contribution in [1.29, 1.82) is 0 Å². The van der Waals surface area contributed by atoms with Crippen LogP contribution in [-0.2, 0) is 0 Å². The molecule has 0 amide bonds. The Morgan fingerprint density at radius 3 is 2.50 bits per heavy atom. The molecule has 0 aliphatic heterocycles. The highest BCUT2D eigenvalue weighted by molar-refractivity contribution is 6.01. The Kier molecular flexibility index (Phi) is 4.02. The number of nitrogens with zero attached hydrogens (tertiary/aromatic N) is 2. The van der Waals surface area contributed by atoms with Gasteiger partial charge in [0.15, 0.2) is 5.82 Å². The molecule has 0 atom stereocenters. The zero-order valence-electron chi connectivity index (χ0n) is 16.3. The highest BCUT2D eigenvalue weighted by Gasteiger charge is 2.38. The molecular weight excluding hydrogens is 350 g/mol. The molecule has 2 aliphatic carbocycles. The van der Waals surface area contributed by atoms with Crippen LogP contribution in [-0.4, -0.2) is 34.1 Å². The zero-order chi connectivity index (χ0) is 19.3. The molecule has 0 radical (unpaired) electrons. The van der Waals surface area contributed by atoms with E-state index in [0.717, 1.165) is 46.4 Å². The molecule has 1 aromatic heterocycles. The number of aliphatic hydroxyl groups is 1. The van der Waals surface area contributed by atoms with E-state index in [9.17, 15) is 5.11 Å². The molecule has 0 bridgehead atoms. The van der Waals surface area contributed by atoms with Crippen LogP contribution < -0.4 is 10.1 Å². The number of methoxy groups -OCH3 is 1. The number of aromatic nitrogens is 2. The van der Waals surface area contributed by atoms with Gasteiger partial charge in [-0.2, -0.15) is 0 Å². The van der Waals surface area contributed by atoms with E-state index >= 15 is 0 Å². The molecule has 5 rings (SSSR count). The number of benzene rings is 2. The average molecular weight is 375 g/mol. The summed E-state index contributed by atoms with van der Waals surface area (Å²) in [6.45, 7) is 1.87. The van der Waals surface area contributed by atoms with E-state index in [1.807, 2.05) is 19.1 Å². The molecule has 5 heteroatoms. The Labute approximate surface area is 164 Å². The molecule has 1 heterocycles. The van der Waals surface area contributed by atoms with Gasteiger partial charge in [-0.1, -0.05) is 30.3 Å². The van der Waals surface area contributed by atoms with Crippen LogP contribution in [0.15, 0.2) is 42.5 Å². The van der Waals surface area contributed by atoms with Crippen LogP contribution in [0.1, 0.15) is 44.1 Å². The second kappa shape index (κ2) is 6.45. The second-order valence-corrected chi connectivity index (χ2v) is 8.42. The first-order valence-corrected chi connectivity index (χ1v) is 9.97. The second-order valence-electron chi connectivity index (χ2n) is 8.42. The van der Waals surface area contributed by atoms with Gasteiger partial charge in [-0.25, -0.2) is 0 Å². The first-order chi connectivity index (χ1) is 13.5. The van der Waals surface area contributed by atoms with Gasteiger partial charge in [-0.3, -0.25) is 0 Å². The summed E-state index contributed by atoms with van der Waals surface area (Å²) in [5.74, 6) is 2.30. The Bertz CT molecular complexity index is 1040. The van der Waals surface area contributed by atoms with Gasteiger partial charge in [0.25, 0.3) is 0 Å². The number of hydrogen-bond acceptors (Lipinski definition) is 5. The molecule has 2 saturated carbocycles. The largest absolute Gasteiger partial charge is 0.496 e. The third-order valence-corrected chi connectivity index (χ3v) is 5.93. The van der Waals surface area contributed by atoms with Crippen LogP contribution in [0.2, 0.25) is 0 Å². The van der Waals surface area contributed by atoms with Crippen LogP contribution in [0.4, 0.5) is 5.82 Å². The van der Waals surface area contributed by atoms with Crippen molar-refractivity contribution < 1.29 is 9.84 Å². The van der Waals surface area contributed by atoms with Crippen molar-refractivity contribution in [2.45, 2.75) is 50.2 Å². The van der Waals surface area contributed by atoms with Gasteiger partial charge in [0, 0.05) is 22.4 Å². The summed E-state index contributed by atoms with van der Waals surface area (Å²) < 4.78 is 5.70. The maximum Gasteiger partial charge on any atom is 0.156 e. The molecule has 0 unspecified atom stereocenters. The highest BCUT2D eigenvalue weighted by Crippen LogP contribution is 2.44. The molecule has 2 aliphatic rings. The van der Waals surface area contributed by atoms with Crippen molar-refractivity contribution in [3.8, 4) is 17.0 Å². The van der Waals surface area contributed by atoms with Crippen molar-refractivity contribution in [2.24, 2.45) is 0 Å². The number of anilines is 1. The van der Waals surface area contributed by atoms with E-state index in [1.165, 1.54) is 18.4 Å². The van der Waals surface area contributed by atoms with Crippen molar-refractivity contribution in [3.63, 3.8) is 0 Å². The molecule has 2 aromatic carbocycles. The lowest BCUT2D eigenvalue weighted by Gasteiger charge is -2.41. The minimum absolute atomic E-state index is 0.228. The molecule has 5 nitrogen and oxygen atoms in total. The minimum atomic E-state index is -0.572. The van der Waals surface area contributed by atoms with Gasteiger partial charge in [-0.15, -0.1) is 10.2 Å². The van der Waals surface area contributed by atoms with Crippen LogP contribution in [0, 0.1) is 0 Å². The predicted octanol–water partition coefficient (Wildman–Crippen LogP) is 4.51. The molecule has 28 heavy (non-hydrogen) atoms. The summed E-state index contributed by atoms with van der Waals surface area (Å²) in [6, 6.07) is 14.9. The molecular formula is C23H25N3O2. The summed E-state index contributed by atoms with van der Waals surface area (Å²) in [4.78, 5) is 0. The van der Waals surface area contributed by atoms with Gasteiger partial charge >= 0.3 is 0 Å². The van der Waals surface area contributed by atoms with Gasteiger partial charge in [0.2, 0.25) is 0 Å². The Morgan fingerprint density at radius 2 is 1.82 bits per heavy atom. The van der Waals surface area contributed by atoms with Crippen molar-refractivity contribution >= 4 is 16.6 Å². The summed E-state index contributed by atoms with van der Waals surface area (Å²) in [5, 5.41) is 24.6. The van der Waals surface area contributed by atoms with Crippen LogP contribution >= 0.6 is 0 Å². The molecule has 2 N–H and O–H groups in total. The molecule has 0 spiro atoms. The lowest BCUT2D eigenvalue weighted by molar-refractivity contribution is -0.0235. The van der Waals surface area contributed by atoms with E-state index in [-0.39, 0.29) is 6.04 Å².